The van der Waals surface area contributed by atoms with E-state index in [1.807, 2.05) is 35.0 Å². The number of hydrogen-bond donors (Lipinski definition) is 1. The molecule has 0 radical (unpaired) electrons. The molecule has 0 aliphatic carbocycles. The lowest BCUT2D eigenvalue weighted by Gasteiger charge is -2.29. The van der Waals surface area contributed by atoms with E-state index in [2.05, 4.69) is 10.3 Å². The van der Waals surface area contributed by atoms with Crippen LogP contribution in [0.15, 0.2) is 24.4 Å². The number of anilines is 1. The number of piperazine rings is 1. The molecule has 1 saturated heterocycles. The minimum absolute atomic E-state index is 0.166. The molecule has 92 valence electrons. The van der Waals surface area contributed by atoms with Gasteiger partial charge in [0.05, 0.1) is 6.54 Å². The Morgan fingerprint density at radius 3 is 2.88 bits per heavy atom. The number of carbonyl (C=O) groups excluding carboxylic acids is 1. The number of rotatable bonds is 3. The predicted octanol–water partition coefficient (Wildman–Crippen LogP) is -0.0504. The summed E-state index contributed by atoms with van der Waals surface area (Å²) in [5.74, 6) is 0.996. The molecule has 17 heavy (non-hydrogen) atoms. The highest BCUT2D eigenvalue weighted by atomic mass is 16.2. The predicted molar refractivity (Wildman–Crippen MR) is 67.0 cm³/mol. The summed E-state index contributed by atoms with van der Waals surface area (Å²) in [7, 11) is 1.89. The number of nitrogens with zero attached hydrogens (tertiary/aromatic N) is 3. The Morgan fingerprint density at radius 1 is 1.47 bits per heavy atom. The van der Waals surface area contributed by atoms with Crippen molar-refractivity contribution in [2.75, 3.05) is 44.7 Å². The minimum Gasteiger partial charge on any atom is -0.350 e. The number of likely N-dealkylation sites (N-methyl/N-ethyl adjacent to an activating group) is 1. The Hall–Kier alpha value is -1.62. The molecule has 5 nitrogen and oxygen atoms in total. The average molecular weight is 234 g/mol. The second kappa shape index (κ2) is 5.63. The van der Waals surface area contributed by atoms with Crippen LogP contribution in [0.3, 0.4) is 0 Å². The second-order valence-corrected chi connectivity index (χ2v) is 4.17. The number of nitrogens with one attached hydrogen (secondary N) is 1. The van der Waals surface area contributed by atoms with Gasteiger partial charge in [-0.05, 0) is 12.1 Å². The van der Waals surface area contributed by atoms with E-state index in [9.17, 15) is 4.79 Å². The Balaban J connectivity index is 1.89. The van der Waals surface area contributed by atoms with Crippen LogP contribution in [-0.4, -0.2) is 55.6 Å². The quantitative estimate of drug-likeness (QED) is 0.796. The smallest absolute Gasteiger partial charge is 0.242 e. The van der Waals surface area contributed by atoms with E-state index in [0.717, 1.165) is 32.0 Å². The van der Waals surface area contributed by atoms with Gasteiger partial charge < -0.3 is 15.1 Å². The van der Waals surface area contributed by atoms with Crippen LogP contribution < -0.4 is 10.2 Å². The highest BCUT2D eigenvalue weighted by Gasteiger charge is 2.17. The van der Waals surface area contributed by atoms with Gasteiger partial charge in [-0.25, -0.2) is 4.98 Å². The van der Waals surface area contributed by atoms with Gasteiger partial charge in [-0.3, -0.25) is 4.79 Å². The van der Waals surface area contributed by atoms with Crippen molar-refractivity contribution < 1.29 is 4.79 Å². The summed E-state index contributed by atoms with van der Waals surface area (Å²) in [6, 6.07) is 5.70. The molecule has 0 unspecified atom stereocenters. The number of carbonyl (C=O) groups is 1. The first-order chi connectivity index (χ1) is 8.27. The van der Waals surface area contributed by atoms with Crippen LogP contribution in [0.5, 0.6) is 0 Å². The van der Waals surface area contributed by atoms with E-state index in [-0.39, 0.29) is 5.91 Å². The molecule has 1 aliphatic rings. The van der Waals surface area contributed by atoms with Crippen molar-refractivity contribution in [2.24, 2.45) is 0 Å². The van der Waals surface area contributed by atoms with Crippen molar-refractivity contribution in [3.63, 3.8) is 0 Å². The lowest BCUT2D eigenvalue weighted by molar-refractivity contribution is -0.130. The summed E-state index contributed by atoms with van der Waals surface area (Å²) >= 11 is 0. The molecular weight excluding hydrogens is 216 g/mol. The van der Waals surface area contributed by atoms with Gasteiger partial charge in [0.2, 0.25) is 5.91 Å². The van der Waals surface area contributed by atoms with Crippen molar-refractivity contribution >= 4 is 11.7 Å². The van der Waals surface area contributed by atoms with Crippen LogP contribution >= 0.6 is 0 Å². The average Bonchev–Trinajstić information content (AvgIpc) is 2.40. The Morgan fingerprint density at radius 2 is 2.24 bits per heavy atom. The summed E-state index contributed by atoms with van der Waals surface area (Å²) in [6.45, 7) is 3.76. The summed E-state index contributed by atoms with van der Waals surface area (Å²) in [5.41, 5.74) is 0. The highest BCUT2D eigenvalue weighted by Crippen LogP contribution is 2.07. The zero-order valence-corrected chi connectivity index (χ0v) is 10.1. The van der Waals surface area contributed by atoms with Crippen molar-refractivity contribution in [2.45, 2.75) is 0 Å². The van der Waals surface area contributed by atoms with Gasteiger partial charge >= 0.3 is 0 Å². The maximum Gasteiger partial charge on any atom is 0.242 e. The van der Waals surface area contributed by atoms with Gasteiger partial charge in [-0.15, -0.1) is 0 Å². The second-order valence-electron chi connectivity index (χ2n) is 4.17. The number of amides is 1. The molecule has 0 aromatic carbocycles. The highest BCUT2D eigenvalue weighted by molar-refractivity contribution is 5.81. The van der Waals surface area contributed by atoms with Gasteiger partial charge in [0.25, 0.3) is 0 Å². The maximum absolute atomic E-state index is 12.0. The number of aromatic nitrogens is 1. The van der Waals surface area contributed by atoms with Crippen molar-refractivity contribution in [3.8, 4) is 0 Å². The SMILES string of the molecule is CN(CC(=O)N1CCNCC1)c1ccccn1. The summed E-state index contributed by atoms with van der Waals surface area (Å²) in [4.78, 5) is 20.0. The third-order valence-corrected chi connectivity index (χ3v) is 2.88. The fourth-order valence-corrected chi connectivity index (χ4v) is 1.88. The molecule has 2 heterocycles. The molecule has 1 aliphatic heterocycles. The standard InChI is InChI=1S/C12H18N4O/c1-15(11-4-2-3-5-14-11)10-12(17)16-8-6-13-7-9-16/h2-5,13H,6-10H2,1H3. The zero-order valence-electron chi connectivity index (χ0n) is 10.1. The minimum atomic E-state index is 0.166. The molecule has 0 bridgehead atoms. The van der Waals surface area contributed by atoms with Gasteiger partial charge in [-0.2, -0.15) is 0 Å². The van der Waals surface area contributed by atoms with Crippen molar-refractivity contribution in [1.29, 1.82) is 0 Å². The Bertz CT molecular complexity index is 362. The van der Waals surface area contributed by atoms with Crippen LogP contribution in [0.4, 0.5) is 5.82 Å². The summed E-state index contributed by atoms with van der Waals surface area (Å²) in [5, 5.41) is 3.23. The van der Waals surface area contributed by atoms with Gasteiger partial charge in [0, 0.05) is 39.4 Å². The molecule has 1 aromatic heterocycles. The summed E-state index contributed by atoms with van der Waals surface area (Å²) < 4.78 is 0. The van der Waals surface area contributed by atoms with Gasteiger partial charge in [0.15, 0.2) is 0 Å². The van der Waals surface area contributed by atoms with E-state index < -0.39 is 0 Å². The first kappa shape index (κ1) is 11.9. The fraction of sp³-hybridized carbons (Fsp3) is 0.500. The molecule has 5 heteroatoms. The fourth-order valence-electron chi connectivity index (χ4n) is 1.88. The van der Waals surface area contributed by atoms with Crippen LogP contribution in [0.2, 0.25) is 0 Å². The topological polar surface area (TPSA) is 48.5 Å². The lowest BCUT2D eigenvalue weighted by atomic mass is 10.3. The van der Waals surface area contributed by atoms with E-state index in [0.29, 0.717) is 6.54 Å². The Kier molecular flexibility index (Phi) is 3.93. The molecule has 1 amide bonds. The van der Waals surface area contributed by atoms with Crippen LogP contribution in [0.25, 0.3) is 0 Å². The first-order valence-corrected chi connectivity index (χ1v) is 5.88. The largest absolute Gasteiger partial charge is 0.350 e. The molecule has 0 saturated carbocycles. The van der Waals surface area contributed by atoms with E-state index in [4.69, 9.17) is 0 Å². The Labute approximate surface area is 101 Å². The van der Waals surface area contributed by atoms with Gasteiger partial charge in [0.1, 0.15) is 5.82 Å². The number of hydrogen-bond acceptors (Lipinski definition) is 4. The molecule has 0 spiro atoms. The van der Waals surface area contributed by atoms with E-state index >= 15 is 0 Å². The zero-order chi connectivity index (χ0) is 12.1. The monoisotopic (exact) mass is 234 g/mol. The normalized spacial score (nSPS) is 15.7. The first-order valence-electron chi connectivity index (χ1n) is 5.88. The van der Waals surface area contributed by atoms with Gasteiger partial charge in [-0.1, -0.05) is 6.07 Å². The molecule has 1 aromatic rings. The third kappa shape index (κ3) is 3.17. The maximum atomic E-state index is 12.0. The summed E-state index contributed by atoms with van der Waals surface area (Å²) in [6.07, 6.45) is 1.74. The van der Waals surface area contributed by atoms with Crippen LogP contribution in [-0.2, 0) is 4.79 Å². The molecule has 1 fully saturated rings. The molecular formula is C12H18N4O. The number of pyridine rings is 1. The van der Waals surface area contributed by atoms with Crippen LogP contribution in [0, 0.1) is 0 Å². The lowest BCUT2D eigenvalue weighted by Crippen LogP contribution is -2.49. The third-order valence-electron chi connectivity index (χ3n) is 2.88. The van der Waals surface area contributed by atoms with E-state index in [1.165, 1.54) is 0 Å². The van der Waals surface area contributed by atoms with Crippen LogP contribution in [0.1, 0.15) is 0 Å². The molecule has 0 atom stereocenters. The molecule has 1 N–H and O–H groups in total. The van der Waals surface area contributed by atoms with E-state index in [1.54, 1.807) is 6.20 Å². The van der Waals surface area contributed by atoms with Crippen molar-refractivity contribution in [1.82, 2.24) is 15.2 Å². The van der Waals surface area contributed by atoms with Crippen molar-refractivity contribution in [3.05, 3.63) is 24.4 Å². The molecule has 2 rings (SSSR count).